The zero-order chi connectivity index (χ0) is 27.3. The topological polar surface area (TPSA) is 76.0 Å². The Labute approximate surface area is 227 Å². The Kier molecular flexibility index (Phi) is 19.1. The SMILES string of the molecule is CCCCCCCc1c(O)c(O)c(C(=O)OOCCCC)c(CCCCCCC)c1CCCCCCC. The lowest BCUT2D eigenvalue weighted by Gasteiger charge is -2.21. The van der Waals surface area contributed by atoms with Crippen molar-refractivity contribution in [3.05, 3.63) is 22.3 Å². The minimum Gasteiger partial charge on any atom is -0.504 e. The van der Waals surface area contributed by atoms with E-state index in [9.17, 15) is 15.0 Å². The molecule has 0 amide bonds. The minimum absolute atomic E-state index is 0.0998. The molecule has 0 unspecified atom stereocenters. The summed E-state index contributed by atoms with van der Waals surface area (Å²) in [7, 11) is 0. The zero-order valence-electron chi connectivity index (χ0n) is 24.5. The average Bonchev–Trinajstić information content (AvgIpc) is 2.89. The summed E-state index contributed by atoms with van der Waals surface area (Å²) >= 11 is 0. The van der Waals surface area contributed by atoms with Gasteiger partial charge in [0.05, 0.1) is 6.61 Å². The van der Waals surface area contributed by atoms with Crippen LogP contribution >= 0.6 is 0 Å². The van der Waals surface area contributed by atoms with Crippen molar-refractivity contribution in [1.82, 2.24) is 0 Å². The molecule has 0 aliphatic carbocycles. The highest BCUT2D eigenvalue weighted by Crippen LogP contribution is 2.41. The van der Waals surface area contributed by atoms with E-state index >= 15 is 0 Å². The van der Waals surface area contributed by atoms with Crippen LogP contribution in [0, 0.1) is 0 Å². The number of hydrogen-bond donors (Lipinski definition) is 2. The molecule has 37 heavy (non-hydrogen) atoms. The van der Waals surface area contributed by atoms with E-state index in [1.54, 1.807) is 0 Å². The number of unbranched alkanes of at least 4 members (excludes halogenated alkanes) is 13. The largest absolute Gasteiger partial charge is 0.504 e. The Morgan fingerprint density at radius 2 is 0.973 bits per heavy atom. The van der Waals surface area contributed by atoms with Gasteiger partial charge in [0.2, 0.25) is 0 Å². The molecular weight excluding hydrogens is 464 g/mol. The van der Waals surface area contributed by atoms with Crippen molar-refractivity contribution in [3.8, 4) is 11.5 Å². The summed E-state index contributed by atoms with van der Waals surface area (Å²) in [6.45, 7) is 8.98. The van der Waals surface area contributed by atoms with Gasteiger partial charge >= 0.3 is 5.97 Å². The number of phenolic OH excluding ortho intramolecular Hbond substituents is 2. The molecule has 0 radical (unpaired) electrons. The van der Waals surface area contributed by atoms with E-state index < -0.39 is 5.97 Å². The predicted octanol–water partition coefficient (Wildman–Crippen LogP) is 9.53. The van der Waals surface area contributed by atoms with E-state index in [0.29, 0.717) is 13.0 Å². The minimum atomic E-state index is -0.700. The fraction of sp³-hybridized carbons (Fsp3) is 0.781. The summed E-state index contributed by atoms with van der Waals surface area (Å²) < 4.78 is 0. The quantitative estimate of drug-likeness (QED) is 0.0650. The van der Waals surface area contributed by atoms with E-state index in [2.05, 4.69) is 20.8 Å². The first-order valence-corrected chi connectivity index (χ1v) is 15.4. The summed E-state index contributed by atoms with van der Waals surface area (Å²) in [5.74, 6) is -1.19. The van der Waals surface area contributed by atoms with Crippen molar-refractivity contribution >= 4 is 5.97 Å². The Bertz CT molecular complexity index is 743. The van der Waals surface area contributed by atoms with Gasteiger partial charge in [-0.25, -0.2) is 4.79 Å². The molecule has 0 bridgehead atoms. The van der Waals surface area contributed by atoms with Crippen LogP contribution in [0.1, 0.15) is 164 Å². The second kappa shape index (κ2) is 21.2. The number of aromatic hydroxyl groups is 2. The highest BCUT2D eigenvalue weighted by Gasteiger charge is 2.28. The van der Waals surface area contributed by atoms with Crippen molar-refractivity contribution in [1.29, 1.82) is 0 Å². The molecule has 1 rings (SSSR count). The summed E-state index contributed by atoms with van der Waals surface area (Å²) in [6, 6.07) is 0. The normalized spacial score (nSPS) is 11.2. The Balaban J connectivity index is 3.32. The molecule has 0 saturated heterocycles. The average molecular weight is 521 g/mol. The lowest BCUT2D eigenvalue weighted by molar-refractivity contribution is -0.241. The molecule has 0 atom stereocenters. The van der Waals surface area contributed by atoms with Crippen molar-refractivity contribution in [2.75, 3.05) is 6.61 Å². The highest BCUT2D eigenvalue weighted by atomic mass is 17.2. The smallest absolute Gasteiger partial charge is 0.377 e. The first-order valence-electron chi connectivity index (χ1n) is 15.4. The second-order valence-electron chi connectivity index (χ2n) is 10.5. The lowest BCUT2D eigenvalue weighted by Crippen LogP contribution is -2.14. The second-order valence-corrected chi connectivity index (χ2v) is 10.5. The van der Waals surface area contributed by atoms with Gasteiger partial charge in [-0.1, -0.05) is 111 Å². The third-order valence-electron chi connectivity index (χ3n) is 7.29. The molecule has 5 heteroatoms. The number of benzene rings is 1. The summed E-state index contributed by atoms with van der Waals surface area (Å²) in [5.41, 5.74) is 2.84. The van der Waals surface area contributed by atoms with Gasteiger partial charge in [0.1, 0.15) is 5.56 Å². The van der Waals surface area contributed by atoms with Gasteiger partial charge in [0, 0.05) is 5.56 Å². The summed E-state index contributed by atoms with van der Waals surface area (Å²) in [6.07, 6.45) is 20.9. The van der Waals surface area contributed by atoms with E-state index in [1.807, 2.05) is 6.92 Å². The van der Waals surface area contributed by atoms with E-state index in [1.165, 1.54) is 51.4 Å². The van der Waals surface area contributed by atoms with Gasteiger partial charge in [0.25, 0.3) is 0 Å². The number of rotatable bonds is 23. The van der Waals surface area contributed by atoms with Gasteiger partial charge in [-0.2, -0.15) is 4.89 Å². The fourth-order valence-electron chi connectivity index (χ4n) is 5.00. The van der Waals surface area contributed by atoms with Crippen LogP contribution in [0.25, 0.3) is 0 Å². The van der Waals surface area contributed by atoms with Crippen LogP contribution in [0.15, 0.2) is 0 Å². The number of phenols is 2. The van der Waals surface area contributed by atoms with E-state index in [0.717, 1.165) is 87.3 Å². The summed E-state index contributed by atoms with van der Waals surface area (Å²) in [5, 5.41) is 22.2. The molecule has 0 aliphatic rings. The van der Waals surface area contributed by atoms with Crippen LogP contribution in [0.3, 0.4) is 0 Å². The maximum absolute atomic E-state index is 13.1. The third kappa shape index (κ3) is 12.6. The van der Waals surface area contributed by atoms with Gasteiger partial charge in [-0.3, -0.25) is 4.89 Å². The van der Waals surface area contributed by atoms with Gasteiger partial charge < -0.3 is 10.2 Å². The van der Waals surface area contributed by atoms with Crippen LogP contribution in [0.5, 0.6) is 11.5 Å². The van der Waals surface area contributed by atoms with E-state index in [4.69, 9.17) is 9.78 Å². The monoisotopic (exact) mass is 520 g/mol. The summed E-state index contributed by atoms with van der Waals surface area (Å²) in [4.78, 5) is 23.4. The molecule has 5 nitrogen and oxygen atoms in total. The molecule has 0 saturated carbocycles. The molecule has 1 aromatic rings. The van der Waals surface area contributed by atoms with Crippen molar-refractivity contribution in [3.63, 3.8) is 0 Å². The molecule has 1 aromatic carbocycles. The Morgan fingerprint density at radius 3 is 1.46 bits per heavy atom. The van der Waals surface area contributed by atoms with Gasteiger partial charge in [-0.15, -0.1) is 0 Å². The van der Waals surface area contributed by atoms with Crippen LogP contribution in [0.2, 0.25) is 0 Å². The Hall–Kier alpha value is -1.75. The maximum Gasteiger partial charge on any atom is 0.377 e. The standard InChI is InChI=1S/C32H56O5/c1-5-9-13-16-19-22-26-27(23-20-17-14-10-6-2)29(32(35)37-36-25-12-8-4)31(34)30(33)28(26)24-21-18-15-11-7-3/h33-34H,5-25H2,1-4H3. The molecule has 0 aromatic heterocycles. The van der Waals surface area contributed by atoms with Crippen molar-refractivity contribution < 1.29 is 24.8 Å². The molecular formula is C32H56O5. The van der Waals surface area contributed by atoms with Crippen LogP contribution < -0.4 is 0 Å². The zero-order valence-corrected chi connectivity index (χ0v) is 24.5. The lowest BCUT2D eigenvalue weighted by atomic mass is 9.85. The Morgan fingerprint density at radius 1 is 0.541 bits per heavy atom. The molecule has 0 aliphatic heterocycles. The van der Waals surface area contributed by atoms with E-state index in [-0.39, 0.29) is 17.1 Å². The number of carbonyl (C=O) groups excluding carboxylic acids is 1. The van der Waals surface area contributed by atoms with Crippen LogP contribution in [0.4, 0.5) is 0 Å². The fourth-order valence-corrected chi connectivity index (χ4v) is 5.00. The predicted molar refractivity (Wildman–Crippen MR) is 153 cm³/mol. The third-order valence-corrected chi connectivity index (χ3v) is 7.29. The first kappa shape index (κ1) is 33.3. The molecule has 0 heterocycles. The van der Waals surface area contributed by atoms with Crippen LogP contribution in [-0.2, 0) is 29.0 Å². The molecule has 0 spiro atoms. The molecule has 2 N–H and O–H groups in total. The highest BCUT2D eigenvalue weighted by molar-refractivity contribution is 5.95. The molecule has 0 fully saturated rings. The van der Waals surface area contributed by atoms with Crippen molar-refractivity contribution in [2.24, 2.45) is 0 Å². The number of carbonyl (C=O) groups is 1. The molecule has 214 valence electrons. The van der Waals surface area contributed by atoms with Crippen molar-refractivity contribution in [2.45, 2.75) is 156 Å². The van der Waals surface area contributed by atoms with Crippen LogP contribution in [-0.4, -0.2) is 22.8 Å². The van der Waals surface area contributed by atoms with Gasteiger partial charge in [-0.05, 0) is 56.1 Å². The number of hydrogen-bond acceptors (Lipinski definition) is 5. The first-order chi connectivity index (χ1) is 18.0. The maximum atomic E-state index is 13.1. The van der Waals surface area contributed by atoms with Gasteiger partial charge in [0.15, 0.2) is 11.5 Å².